The van der Waals surface area contributed by atoms with Crippen LogP contribution in [0, 0.1) is 34.0 Å². The van der Waals surface area contributed by atoms with Gasteiger partial charge in [-0.1, -0.05) is 138 Å². The van der Waals surface area contributed by atoms with Crippen molar-refractivity contribution in [3.8, 4) is 18.2 Å². The molecule has 9 aromatic rings. The number of hydrogen-bond acceptors (Lipinski definition) is 3. The van der Waals surface area contributed by atoms with Crippen LogP contribution in [0.25, 0.3) is 65.4 Å². The maximum Gasteiger partial charge on any atom is 0.0991 e. The minimum atomic E-state index is 0.636. The Morgan fingerprint density at radius 3 is 0.733 bits per heavy atom. The summed E-state index contributed by atoms with van der Waals surface area (Å²) in [4.78, 5) is 0. The lowest BCUT2D eigenvalue weighted by atomic mass is 10.1. The van der Waals surface area contributed by atoms with Gasteiger partial charge < -0.3 is 13.7 Å². The molecule has 0 spiro atoms. The maximum atomic E-state index is 8.97. The monoisotopic (exact) mass is 799 g/mol. The number of rotatable bonds is 0. The predicted octanol–water partition coefficient (Wildman–Crippen LogP) is 15.8. The zero-order chi connectivity index (χ0) is 45.4. The Morgan fingerprint density at radius 1 is 0.283 bits per heavy atom. The molecule has 0 aliphatic heterocycles. The van der Waals surface area contributed by atoms with E-state index in [1.807, 2.05) is 157 Å². The van der Waals surface area contributed by atoms with Gasteiger partial charge in [0.25, 0.3) is 0 Å². The van der Waals surface area contributed by atoms with Crippen LogP contribution < -0.4 is 0 Å². The van der Waals surface area contributed by atoms with E-state index in [0.717, 1.165) is 27.2 Å². The first-order valence-corrected chi connectivity index (χ1v) is 21.6. The first-order valence-electron chi connectivity index (χ1n) is 21.6. The zero-order valence-electron chi connectivity index (χ0n) is 38.8. The quantitative estimate of drug-likeness (QED) is 0.153. The summed E-state index contributed by atoms with van der Waals surface area (Å²) in [5.41, 5.74) is 9.09. The van der Waals surface area contributed by atoms with Crippen LogP contribution in [0.15, 0.2) is 127 Å². The molecule has 0 saturated heterocycles. The Bertz CT molecular complexity index is 2680. The third kappa shape index (κ3) is 11.2. The van der Waals surface area contributed by atoms with E-state index in [4.69, 9.17) is 15.8 Å². The Kier molecular flexibility index (Phi) is 23.0. The number of aryl methyl sites for hydroxylation is 3. The van der Waals surface area contributed by atoms with Crippen LogP contribution in [0.1, 0.15) is 99.8 Å². The van der Waals surface area contributed by atoms with Gasteiger partial charge in [0.15, 0.2) is 0 Å². The van der Waals surface area contributed by atoms with Crippen molar-refractivity contribution in [1.82, 2.24) is 13.7 Å². The molecule has 0 amide bonds. The lowest BCUT2D eigenvalue weighted by Gasteiger charge is -1.97. The third-order valence-electron chi connectivity index (χ3n) is 9.13. The number of fused-ring (bicyclic) bond motifs is 9. The number of aromatic nitrogens is 3. The summed E-state index contributed by atoms with van der Waals surface area (Å²) >= 11 is 0. The zero-order valence-corrected chi connectivity index (χ0v) is 38.8. The van der Waals surface area contributed by atoms with E-state index in [1.165, 1.54) is 38.2 Å². The van der Waals surface area contributed by atoms with Gasteiger partial charge in [-0.25, -0.2) is 0 Å². The molecule has 312 valence electrons. The fourth-order valence-corrected chi connectivity index (χ4v) is 6.71. The molecule has 6 nitrogen and oxygen atoms in total. The SMILES string of the molecule is CC.CC.CC.CC.CC.CC.Cn1c2ccc(C#N)cc2c2cc(C#N)ccc21.Cn1c2ccccc2c2cc(C#N)ccc21.Cn1c2ccccc2c2ccccc21. The molecule has 6 aromatic carbocycles. The Balaban J connectivity index is 0.000000401. The highest BCUT2D eigenvalue weighted by Crippen LogP contribution is 2.31. The average molecular weight is 799 g/mol. The molecular formula is C54H66N6. The molecule has 3 aromatic heterocycles. The lowest BCUT2D eigenvalue weighted by molar-refractivity contribution is 1.01. The van der Waals surface area contributed by atoms with E-state index in [-0.39, 0.29) is 0 Å². The molecule has 9 rings (SSSR count). The van der Waals surface area contributed by atoms with Crippen LogP contribution in [-0.4, -0.2) is 13.7 Å². The first-order chi connectivity index (χ1) is 29.4. The molecule has 0 saturated carbocycles. The van der Waals surface area contributed by atoms with Gasteiger partial charge in [0.1, 0.15) is 0 Å². The fourth-order valence-electron chi connectivity index (χ4n) is 6.71. The Hall–Kier alpha value is -6.81. The third-order valence-corrected chi connectivity index (χ3v) is 9.13. The number of para-hydroxylation sites is 3. The largest absolute Gasteiger partial charge is 0.344 e. The molecule has 0 fully saturated rings. The summed E-state index contributed by atoms with van der Waals surface area (Å²) in [6.45, 7) is 24.0. The Labute approximate surface area is 360 Å². The van der Waals surface area contributed by atoms with E-state index in [2.05, 4.69) is 107 Å². The van der Waals surface area contributed by atoms with Crippen LogP contribution >= 0.6 is 0 Å². The summed E-state index contributed by atoms with van der Waals surface area (Å²) in [6.07, 6.45) is 0. The Morgan fingerprint density at radius 2 is 0.483 bits per heavy atom. The van der Waals surface area contributed by atoms with Crippen molar-refractivity contribution in [2.45, 2.75) is 83.1 Å². The van der Waals surface area contributed by atoms with Gasteiger partial charge in [0, 0.05) is 86.6 Å². The van der Waals surface area contributed by atoms with Gasteiger partial charge in [-0.2, -0.15) is 15.8 Å². The summed E-state index contributed by atoms with van der Waals surface area (Å²) in [5, 5.41) is 33.9. The summed E-state index contributed by atoms with van der Waals surface area (Å²) in [5.74, 6) is 0. The molecule has 60 heavy (non-hydrogen) atoms. The summed E-state index contributed by atoms with van der Waals surface area (Å²) in [7, 11) is 6.16. The predicted molar refractivity (Wildman–Crippen MR) is 264 cm³/mol. The van der Waals surface area contributed by atoms with Crippen LogP contribution in [-0.2, 0) is 21.1 Å². The second kappa shape index (κ2) is 27.0. The topological polar surface area (TPSA) is 86.2 Å². The van der Waals surface area contributed by atoms with Crippen LogP contribution in [0.3, 0.4) is 0 Å². The van der Waals surface area contributed by atoms with Crippen molar-refractivity contribution in [3.63, 3.8) is 0 Å². The van der Waals surface area contributed by atoms with Crippen LogP contribution in [0.4, 0.5) is 0 Å². The number of hydrogen-bond donors (Lipinski definition) is 0. The number of nitrogens with zero attached hydrogens (tertiary/aromatic N) is 6. The van der Waals surface area contributed by atoms with Crippen molar-refractivity contribution in [1.29, 1.82) is 15.8 Å². The van der Waals surface area contributed by atoms with Gasteiger partial charge >= 0.3 is 0 Å². The highest BCUT2D eigenvalue weighted by atomic mass is 14.9. The van der Waals surface area contributed by atoms with E-state index >= 15 is 0 Å². The second-order valence-corrected chi connectivity index (χ2v) is 11.8. The molecule has 6 heteroatoms. The first kappa shape index (κ1) is 51.2. The molecule has 0 aliphatic carbocycles. The van der Waals surface area contributed by atoms with Crippen molar-refractivity contribution >= 4 is 65.4 Å². The average Bonchev–Trinajstić information content (AvgIpc) is 3.93. The smallest absolute Gasteiger partial charge is 0.0991 e. The molecule has 0 aliphatic rings. The van der Waals surface area contributed by atoms with E-state index in [1.54, 1.807) is 0 Å². The van der Waals surface area contributed by atoms with Crippen molar-refractivity contribution in [3.05, 3.63) is 144 Å². The van der Waals surface area contributed by atoms with Gasteiger partial charge in [0.05, 0.1) is 34.9 Å². The fraction of sp³-hybridized carbons (Fsp3) is 0.278. The molecule has 0 atom stereocenters. The van der Waals surface area contributed by atoms with Gasteiger partial charge in [-0.15, -0.1) is 0 Å². The number of nitriles is 3. The summed E-state index contributed by atoms with van der Waals surface area (Å²) in [6, 6.07) is 48.9. The van der Waals surface area contributed by atoms with Gasteiger partial charge in [-0.05, 0) is 72.8 Å². The minimum absolute atomic E-state index is 0.636. The standard InChI is InChI=1S/C15H9N3.C14H10N2.C13H11N.6C2H6/c1-18-14-4-2-10(8-16)6-12(14)13-7-11(9-17)3-5-15(13)18;1-16-13-5-3-2-4-11(13)12-8-10(9-15)6-7-14(12)16;1-14-12-8-4-2-6-10(12)11-7-3-5-9-13(11)14;6*1-2/h2-7H,1H3;2-8H,1H3;2-9H,1H3;6*1-2H3. The van der Waals surface area contributed by atoms with E-state index in [9.17, 15) is 0 Å². The molecule has 0 bridgehead atoms. The molecule has 0 unspecified atom stereocenters. The van der Waals surface area contributed by atoms with Crippen LogP contribution in [0.5, 0.6) is 0 Å². The number of benzene rings is 6. The van der Waals surface area contributed by atoms with Gasteiger partial charge in [-0.3, -0.25) is 0 Å². The maximum absolute atomic E-state index is 8.97. The molecular weight excluding hydrogens is 733 g/mol. The normalized spacial score (nSPS) is 9.20. The van der Waals surface area contributed by atoms with E-state index < -0.39 is 0 Å². The lowest BCUT2D eigenvalue weighted by Crippen LogP contribution is -1.86. The summed E-state index contributed by atoms with van der Waals surface area (Å²) < 4.78 is 6.48. The highest BCUT2D eigenvalue weighted by molar-refractivity contribution is 6.10. The minimum Gasteiger partial charge on any atom is -0.344 e. The van der Waals surface area contributed by atoms with Crippen LogP contribution in [0.2, 0.25) is 0 Å². The molecule has 3 heterocycles. The van der Waals surface area contributed by atoms with E-state index in [0.29, 0.717) is 16.7 Å². The van der Waals surface area contributed by atoms with Crippen molar-refractivity contribution in [2.75, 3.05) is 0 Å². The van der Waals surface area contributed by atoms with Crippen molar-refractivity contribution in [2.24, 2.45) is 21.1 Å². The molecule has 0 N–H and O–H groups in total. The highest BCUT2D eigenvalue weighted by Gasteiger charge is 2.10. The molecule has 0 radical (unpaired) electrons. The van der Waals surface area contributed by atoms with Crippen molar-refractivity contribution < 1.29 is 0 Å². The second-order valence-electron chi connectivity index (χ2n) is 11.8. The van der Waals surface area contributed by atoms with Gasteiger partial charge in [0.2, 0.25) is 0 Å².